The predicted octanol–water partition coefficient (Wildman–Crippen LogP) is 6.24. The number of methoxy groups -OCH3 is 1. The van der Waals surface area contributed by atoms with E-state index < -0.39 is 29.3 Å². The normalized spacial score (nSPS) is 24.1. The molecule has 8 heteroatoms. The van der Waals surface area contributed by atoms with Gasteiger partial charge in [-0.05, 0) is 60.4 Å². The molecule has 0 unspecified atom stereocenters. The molecule has 1 spiro atoms. The Kier molecular flexibility index (Phi) is 7.44. The molecule has 1 aliphatic heterocycles. The molecule has 0 bridgehead atoms. The second kappa shape index (κ2) is 10.0. The molecule has 1 aliphatic carbocycles. The summed E-state index contributed by atoms with van der Waals surface area (Å²) in [5, 5.41) is 7.60. The van der Waals surface area contributed by atoms with Gasteiger partial charge in [0.05, 0.1) is 18.7 Å². The number of rotatable bonds is 2. The molecule has 184 valence electrons. The lowest BCUT2D eigenvalue weighted by Gasteiger charge is -2.48. The Morgan fingerprint density at radius 1 is 1.15 bits per heavy atom. The Hall–Kier alpha value is -1.86. The van der Waals surface area contributed by atoms with Crippen LogP contribution in [0.2, 0.25) is 10.0 Å². The van der Waals surface area contributed by atoms with E-state index in [4.69, 9.17) is 32.7 Å². The Bertz CT molecular complexity index is 1050. The number of esters is 1. The second-order valence-corrected chi connectivity index (χ2v) is 10.9. The molecule has 34 heavy (non-hydrogen) atoms. The van der Waals surface area contributed by atoms with Crippen LogP contribution in [0.4, 0.5) is 10.1 Å². The van der Waals surface area contributed by atoms with Crippen LogP contribution >= 0.6 is 23.2 Å². The largest absolute Gasteiger partial charge is 0.468 e. The van der Waals surface area contributed by atoms with Gasteiger partial charge < -0.3 is 14.8 Å². The maximum atomic E-state index is 15.2. The number of halogens is 3. The molecule has 0 aromatic heterocycles. The summed E-state index contributed by atoms with van der Waals surface area (Å²) >= 11 is 12.4. The molecule has 1 fully saturated rings. The minimum atomic E-state index is -0.846. The van der Waals surface area contributed by atoms with Crippen LogP contribution in [0.5, 0.6) is 0 Å². The van der Waals surface area contributed by atoms with Gasteiger partial charge in [-0.1, -0.05) is 55.2 Å². The molecule has 1 heterocycles. The Morgan fingerprint density at radius 2 is 1.88 bits per heavy atom. The minimum Gasteiger partial charge on any atom is -0.468 e. The van der Waals surface area contributed by atoms with Crippen LogP contribution in [0, 0.1) is 11.2 Å². The summed E-state index contributed by atoms with van der Waals surface area (Å²) in [5.74, 6) is -1.67. The lowest BCUT2D eigenvalue weighted by Crippen LogP contribution is -2.57. The van der Waals surface area contributed by atoms with Crippen LogP contribution in [0.25, 0.3) is 0 Å². The van der Waals surface area contributed by atoms with Crippen molar-refractivity contribution in [3.05, 3.63) is 63.4 Å². The quantitative estimate of drug-likeness (QED) is 0.470. The van der Waals surface area contributed by atoms with E-state index in [-0.39, 0.29) is 23.8 Å². The van der Waals surface area contributed by atoms with E-state index >= 15 is 4.39 Å². The van der Waals surface area contributed by atoms with E-state index in [0.717, 1.165) is 36.9 Å². The summed E-state index contributed by atoms with van der Waals surface area (Å²) < 4.78 is 26.3. The van der Waals surface area contributed by atoms with Gasteiger partial charge >= 0.3 is 5.97 Å². The van der Waals surface area contributed by atoms with Crippen LogP contribution in [0.15, 0.2) is 36.4 Å². The smallest absolute Gasteiger partial charge is 0.323 e. The summed E-state index contributed by atoms with van der Waals surface area (Å²) in [4.78, 5) is 13.2. The first-order chi connectivity index (χ1) is 16.2. The highest BCUT2D eigenvalue weighted by Crippen LogP contribution is 2.48. The highest BCUT2D eigenvalue weighted by atomic mass is 35.5. The zero-order valence-corrected chi connectivity index (χ0v) is 21.2. The highest BCUT2D eigenvalue weighted by molar-refractivity contribution is 6.31. The molecule has 1 saturated carbocycles. The van der Waals surface area contributed by atoms with Crippen LogP contribution < -0.4 is 10.6 Å². The fraction of sp³-hybridized carbons (Fsp3) is 0.500. The van der Waals surface area contributed by atoms with E-state index in [9.17, 15) is 4.79 Å². The van der Waals surface area contributed by atoms with E-state index in [2.05, 4.69) is 24.5 Å². The molecule has 0 radical (unpaired) electrons. The van der Waals surface area contributed by atoms with Gasteiger partial charge in [0.2, 0.25) is 0 Å². The molecular formula is C26H31Cl2FN2O3. The molecular weight excluding hydrogens is 478 g/mol. The van der Waals surface area contributed by atoms with E-state index in [0.29, 0.717) is 10.6 Å². The van der Waals surface area contributed by atoms with Crippen LogP contribution in [-0.2, 0) is 19.8 Å². The number of hydrogen-bond acceptors (Lipinski definition) is 5. The fourth-order valence-electron chi connectivity index (χ4n) is 5.16. The molecule has 0 saturated heterocycles. The number of nitrogens with one attached hydrogen (secondary N) is 2. The van der Waals surface area contributed by atoms with Crippen molar-refractivity contribution < 1.29 is 18.7 Å². The monoisotopic (exact) mass is 508 g/mol. The van der Waals surface area contributed by atoms with Crippen molar-refractivity contribution in [1.29, 1.82) is 0 Å². The van der Waals surface area contributed by atoms with Crippen LogP contribution in [0.1, 0.15) is 56.6 Å². The molecule has 4 rings (SSSR count). The third-order valence-electron chi connectivity index (χ3n) is 7.29. The van der Waals surface area contributed by atoms with E-state index in [1.165, 1.54) is 13.2 Å². The zero-order valence-electron chi connectivity index (χ0n) is 19.7. The number of hydrogen-bond donors (Lipinski definition) is 2. The second-order valence-electron chi connectivity index (χ2n) is 10.0. The average molecular weight is 509 g/mol. The molecule has 2 aromatic carbocycles. The Morgan fingerprint density at radius 3 is 2.59 bits per heavy atom. The zero-order chi connectivity index (χ0) is 24.5. The molecule has 2 aliphatic rings. The summed E-state index contributed by atoms with van der Waals surface area (Å²) in [6.07, 6.45) is 3.52. The van der Waals surface area contributed by atoms with Gasteiger partial charge in [0.25, 0.3) is 0 Å². The summed E-state index contributed by atoms with van der Waals surface area (Å²) in [6, 6.07) is 9.72. The van der Waals surface area contributed by atoms with Crippen LogP contribution in [0.3, 0.4) is 0 Å². The predicted molar refractivity (Wildman–Crippen MR) is 133 cm³/mol. The lowest BCUT2D eigenvalue weighted by molar-refractivity contribution is -0.145. The standard InChI is InChI=1S/C26H31Cl2FN2O3/c1-25(2)9-11-26(12-10-25)19-8-7-16(27)13-21(19)30-15-34-14-18(23(31-26)24(32)33-3)17-5-4-6-20(28)22(17)29/h4-8,13,18,23,30-31H,9-12,14-15H2,1-3H3/t18-,23+/m0/s1. The Labute approximate surface area is 210 Å². The first kappa shape index (κ1) is 25.2. The van der Waals surface area contributed by atoms with Crippen molar-refractivity contribution in [1.82, 2.24) is 5.32 Å². The number of carbonyl (C=O) groups is 1. The van der Waals surface area contributed by atoms with Crippen molar-refractivity contribution in [3.8, 4) is 0 Å². The first-order valence-electron chi connectivity index (χ1n) is 11.6. The van der Waals surface area contributed by atoms with Crippen molar-refractivity contribution in [2.24, 2.45) is 5.41 Å². The maximum Gasteiger partial charge on any atom is 0.323 e. The first-order valence-corrected chi connectivity index (χ1v) is 12.3. The molecule has 2 aromatic rings. The van der Waals surface area contributed by atoms with Crippen LogP contribution in [-0.4, -0.2) is 32.5 Å². The van der Waals surface area contributed by atoms with Crippen molar-refractivity contribution in [3.63, 3.8) is 0 Å². The summed E-state index contributed by atoms with van der Waals surface area (Å²) in [7, 11) is 1.35. The number of carbonyl (C=O) groups excluding carboxylic acids is 1. The van der Waals surface area contributed by atoms with Gasteiger partial charge in [-0.15, -0.1) is 0 Å². The molecule has 0 amide bonds. The highest BCUT2D eigenvalue weighted by Gasteiger charge is 2.46. The maximum absolute atomic E-state index is 15.2. The topological polar surface area (TPSA) is 59.6 Å². The number of ether oxygens (including phenoxy) is 2. The van der Waals surface area contributed by atoms with Gasteiger partial charge in [-0.2, -0.15) is 0 Å². The fourth-order valence-corrected chi connectivity index (χ4v) is 5.51. The third-order valence-corrected chi connectivity index (χ3v) is 7.81. The SMILES string of the molecule is COC(=O)[C@@H]1NC2(CCC(C)(C)CC2)c2ccc(Cl)cc2NCOC[C@H]1c1cccc(Cl)c1F. The summed E-state index contributed by atoms with van der Waals surface area (Å²) in [5.41, 5.74) is 1.84. The third kappa shape index (κ3) is 5.06. The van der Waals surface area contributed by atoms with Crippen molar-refractivity contribution in [2.75, 3.05) is 25.8 Å². The van der Waals surface area contributed by atoms with E-state index in [1.807, 2.05) is 18.2 Å². The Balaban J connectivity index is 1.85. The van der Waals surface area contributed by atoms with E-state index in [1.54, 1.807) is 12.1 Å². The van der Waals surface area contributed by atoms with Gasteiger partial charge in [-0.25, -0.2) is 4.39 Å². The van der Waals surface area contributed by atoms with Gasteiger partial charge in [0.1, 0.15) is 18.6 Å². The minimum absolute atomic E-state index is 0.00505. The molecule has 2 N–H and O–H groups in total. The van der Waals surface area contributed by atoms with Crippen molar-refractivity contribution in [2.45, 2.75) is 57.0 Å². The average Bonchev–Trinajstić information content (AvgIpc) is 2.81. The molecule has 5 nitrogen and oxygen atoms in total. The van der Waals surface area contributed by atoms with Crippen molar-refractivity contribution >= 4 is 34.9 Å². The number of benzene rings is 2. The van der Waals surface area contributed by atoms with Gasteiger partial charge in [-0.3, -0.25) is 10.1 Å². The molecule has 2 atom stereocenters. The van der Waals surface area contributed by atoms with Gasteiger partial charge in [0.15, 0.2) is 0 Å². The number of anilines is 1. The summed E-state index contributed by atoms with van der Waals surface area (Å²) in [6.45, 7) is 4.80. The number of fused-ring (bicyclic) bond motifs is 2. The lowest BCUT2D eigenvalue weighted by atomic mass is 9.66. The van der Waals surface area contributed by atoms with Gasteiger partial charge in [0, 0.05) is 22.2 Å².